The van der Waals surface area contributed by atoms with Gasteiger partial charge < -0.3 is 34.2 Å². The van der Waals surface area contributed by atoms with Gasteiger partial charge in [-0.1, -0.05) is 78.7 Å². The van der Waals surface area contributed by atoms with E-state index in [9.17, 15) is 15.5 Å². The van der Waals surface area contributed by atoms with Crippen LogP contribution in [-0.2, 0) is 16.1 Å². The fraction of sp³-hybridized carbons (Fsp3) is 0.397. The molecule has 1 fully saturated rings. The number of oxime groups is 1. The number of hydrogen-bond acceptors (Lipinski definition) is 9. The third kappa shape index (κ3) is 10.1. The standard InChI is InChI=1S/C58H65N3O7/c1-7-31-65-58-53(61(56(64)42-24-22-40(36-59)23-25-42)37-44-18-14-17-41-15-8-9-19-47(41)44)35-51(60-68-57(4,5)6)49-33-43(16-10-12-29-62)48(20-11-13-30-63)54(55(49)58)50-34-46(27-28-52(50)67-58)66-45-26-21-38(2)39(3)32-45/h7-9,14-15,17-19,21-28,32-34,43,48,53-55,62-63H,1,10-13,16,20,29-31,35,37H2,2-6H3/t43-,48+,53-,54+,55+,58+/m0/s1. The van der Waals surface area contributed by atoms with E-state index in [0.29, 0.717) is 41.2 Å². The monoisotopic (exact) mass is 915 g/mol. The minimum absolute atomic E-state index is 0.0319. The van der Waals surface area contributed by atoms with E-state index in [1.807, 2.05) is 62.1 Å². The summed E-state index contributed by atoms with van der Waals surface area (Å²) in [5.41, 5.74) is 6.14. The number of unbranched alkanes of at least 4 members (excludes halogenated alkanes) is 2. The molecule has 5 aromatic rings. The van der Waals surface area contributed by atoms with Crippen molar-refractivity contribution in [1.82, 2.24) is 4.90 Å². The summed E-state index contributed by atoms with van der Waals surface area (Å²) in [6, 6.07) is 34.7. The highest BCUT2D eigenvalue weighted by Gasteiger charge is 2.65. The molecule has 3 aliphatic rings. The molecule has 0 bridgehead atoms. The van der Waals surface area contributed by atoms with Crippen molar-refractivity contribution >= 4 is 22.4 Å². The summed E-state index contributed by atoms with van der Waals surface area (Å²) in [7, 11) is 0. The van der Waals surface area contributed by atoms with Gasteiger partial charge in [-0.3, -0.25) is 4.79 Å². The molecule has 0 unspecified atom stereocenters. The number of ether oxygens (including phenoxy) is 3. The molecule has 10 nitrogen and oxygen atoms in total. The maximum atomic E-state index is 15.7. The van der Waals surface area contributed by atoms with E-state index in [2.05, 4.69) is 75.0 Å². The number of allylic oxidation sites excluding steroid dienone is 1. The number of aryl methyl sites for hydroxylation is 2. The van der Waals surface area contributed by atoms with Gasteiger partial charge >= 0.3 is 0 Å². The van der Waals surface area contributed by atoms with Gasteiger partial charge in [0.25, 0.3) is 5.91 Å². The fourth-order valence-electron chi connectivity index (χ4n) is 10.6. The summed E-state index contributed by atoms with van der Waals surface area (Å²) in [5.74, 6) is -0.347. The predicted molar refractivity (Wildman–Crippen MR) is 267 cm³/mol. The zero-order chi connectivity index (χ0) is 48.0. The van der Waals surface area contributed by atoms with E-state index >= 15 is 4.79 Å². The Morgan fingerprint density at radius 2 is 1.63 bits per heavy atom. The van der Waals surface area contributed by atoms with Gasteiger partial charge in [0.05, 0.1) is 29.9 Å². The third-order valence-corrected chi connectivity index (χ3v) is 13.9. The number of amides is 1. The largest absolute Gasteiger partial charge is 0.459 e. The Labute approximate surface area is 401 Å². The molecular weight excluding hydrogens is 851 g/mol. The molecular formula is C58H65N3O7. The van der Waals surface area contributed by atoms with Crippen LogP contribution in [0.5, 0.6) is 17.2 Å². The van der Waals surface area contributed by atoms with E-state index in [-0.39, 0.29) is 56.4 Å². The number of aliphatic hydroxyl groups excluding tert-OH is 2. The Morgan fingerprint density at radius 3 is 2.35 bits per heavy atom. The van der Waals surface area contributed by atoms with Crippen LogP contribution in [-0.4, -0.2) is 64.0 Å². The highest BCUT2D eigenvalue weighted by molar-refractivity contribution is 6.03. The smallest absolute Gasteiger partial charge is 0.254 e. The van der Waals surface area contributed by atoms with Crippen molar-refractivity contribution in [2.24, 2.45) is 22.9 Å². The molecule has 1 saturated carbocycles. The zero-order valence-corrected chi connectivity index (χ0v) is 40.1. The molecule has 10 heteroatoms. The number of aliphatic hydroxyl groups is 2. The molecule has 0 radical (unpaired) electrons. The van der Waals surface area contributed by atoms with E-state index in [1.165, 1.54) is 5.56 Å². The first-order chi connectivity index (χ1) is 32.9. The Hall–Kier alpha value is -6.25. The molecule has 6 atom stereocenters. The minimum atomic E-state index is -1.48. The summed E-state index contributed by atoms with van der Waals surface area (Å²) in [4.78, 5) is 23.9. The van der Waals surface area contributed by atoms with Gasteiger partial charge in [0, 0.05) is 43.2 Å². The topological polar surface area (TPSA) is 134 Å². The third-order valence-electron chi connectivity index (χ3n) is 13.9. The highest BCUT2D eigenvalue weighted by atomic mass is 16.7. The molecule has 354 valence electrons. The van der Waals surface area contributed by atoms with Gasteiger partial charge in [0.2, 0.25) is 5.79 Å². The van der Waals surface area contributed by atoms with E-state index in [4.69, 9.17) is 24.2 Å². The van der Waals surface area contributed by atoms with Crippen LogP contribution in [0.15, 0.2) is 133 Å². The average molecular weight is 916 g/mol. The van der Waals surface area contributed by atoms with Gasteiger partial charge in [-0.2, -0.15) is 5.26 Å². The van der Waals surface area contributed by atoms with Crippen molar-refractivity contribution < 1.29 is 34.1 Å². The van der Waals surface area contributed by atoms with Gasteiger partial charge in [-0.05, 0) is 160 Å². The van der Waals surface area contributed by atoms with Crippen molar-refractivity contribution in [2.45, 2.75) is 109 Å². The lowest BCUT2D eigenvalue weighted by molar-refractivity contribution is -0.255. The number of nitrogens with zero attached hydrogens (tertiary/aromatic N) is 3. The lowest BCUT2D eigenvalue weighted by Gasteiger charge is -2.60. The summed E-state index contributed by atoms with van der Waals surface area (Å²) in [6.45, 7) is 14.7. The minimum Gasteiger partial charge on any atom is -0.459 e. The van der Waals surface area contributed by atoms with E-state index in [1.54, 1.807) is 30.3 Å². The second-order valence-electron chi connectivity index (χ2n) is 19.6. The van der Waals surface area contributed by atoms with Crippen molar-refractivity contribution in [1.29, 1.82) is 5.26 Å². The molecule has 2 N–H and O–H groups in total. The number of fused-ring (bicyclic) bond motifs is 3. The van der Waals surface area contributed by atoms with Crippen LogP contribution in [0.1, 0.15) is 110 Å². The quantitative estimate of drug-likeness (QED) is 0.0504. The summed E-state index contributed by atoms with van der Waals surface area (Å²) in [6.07, 6.45) is 8.89. The number of benzene rings is 5. The van der Waals surface area contributed by atoms with Gasteiger partial charge in [-0.25, -0.2) is 0 Å². The molecule has 5 aromatic carbocycles. The number of nitriles is 1. The second-order valence-corrected chi connectivity index (χ2v) is 19.6. The van der Waals surface area contributed by atoms with Crippen molar-refractivity contribution in [3.8, 4) is 23.3 Å². The molecule has 8 rings (SSSR count). The molecule has 0 saturated heterocycles. The van der Waals surface area contributed by atoms with E-state index in [0.717, 1.165) is 64.5 Å². The van der Waals surface area contributed by atoms with Gasteiger partial charge in [0.15, 0.2) is 0 Å². The number of rotatable bonds is 18. The summed E-state index contributed by atoms with van der Waals surface area (Å²) < 4.78 is 21.5. The van der Waals surface area contributed by atoms with Crippen LogP contribution in [0.2, 0.25) is 0 Å². The molecule has 1 heterocycles. The van der Waals surface area contributed by atoms with Crippen LogP contribution in [0, 0.1) is 42.9 Å². The molecule has 0 spiro atoms. The Kier molecular flexibility index (Phi) is 14.9. The van der Waals surface area contributed by atoms with Gasteiger partial charge in [-0.15, -0.1) is 6.58 Å². The number of hydrogen-bond donors (Lipinski definition) is 2. The average Bonchev–Trinajstić information content (AvgIpc) is 3.34. The molecule has 0 aromatic heterocycles. The molecule has 68 heavy (non-hydrogen) atoms. The number of carbonyl (C=O) groups is 1. The van der Waals surface area contributed by atoms with Crippen LogP contribution in [0.25, 0.3) is 10.8 Å². The van der Waals surface area contributed by atoms with Crippen LogP contribution >= 0.6 is 0 Å². The fourth-order valence-corrected chi connectivity index (χ4v) is 10.6. The Bertz CT molecular complexity index is 2710. The first-order valence-corrected chi connectivity index (χ1v) is 24.2. The van der Waals surface area contributed by atoms with Crippen molar-refractivity contribution in [2.75, 3.05) is 19.8 Å². The maximum Gasteiger partial charge on any atom is 0.254 e. The highest BCUT2D eigenvalue weighted by Crippen LogP contribution is 2.62. The Morgan fingerprint density at radius 1 is 0.912 bits per heavy atom. The second kappa shape index (κ2) is 20.9. The summed E-state index contributed by atoms with van der Waals surface area (Å²) in [5, 5.41) is 37.0. The molecule has 1 aliphatic heterocycles. The van der Waals surface area contributed by atoms with E-state index < -0.39 is 23.3 Å². The maximum absolute atomic E-state index is 15.7. The predicted octanol–water partition coefficient (Wildman–Crippen LogP) is 11.9. The number of carbonyl (C=O) groups excluding carboxylic acids is 1. The normalized spacial score (nSPS) is 22.3. The lowest BCUT2D eigenvalue weighted by Crippen LogP contribution is -2.70. The SMILES string of the molecule is C=CCO[C@@]12Oc3ccc(Oc4ccc(C)c(C)c4)cc3[C@H]3[C@H](CCCCO)[C@@H](CCCCO)C=C(C(=NOC(C)(C)C)C[C@@H]1N(Cc1cccc4ccccc14)C(=O)c1ccc(C#N)cc1)[C@H]32. The Balaban J connectivity index is 1.39. The summed E-state index contributed by atoms with van der Waals surface area (Å²) >= 11 is 0. The first kappa shape index (κ1) is 48.2. The first-order valence-electron chi connectivity index (χ1n) is 24.2. The van der Waals surface area contributed by atoms with Crippen molar-refractivity contribution in [3.63, 3.8) is 0 Å². The molecule has 1 amide bonds. The van der Waals surface area contributed by atoms with Gasteiger partial charge in [0.1, 0.15) is 28.9 Å². The van der Waals surface area contributed by atoms with Crippen LogP contribution in [0.4, 0.5) is 0 Å². The van der Waals surface area contributed by atoms with Crippen molar-refractivity contribution in [3.05, 3.63) is 161 Å². The molecule has 2 aliphatic carbocycles. The van der Waals surface area contributed by atoms with Crippen LogP contribution < -0.4 is 9.47 Å². The van der Waals surface area contributed by atoms with Crippen LogP contribution in [0.3, 0.4) is 0 Å². The lowest BCUT2D eigenvalue weighted by atomic mass is 9.55. The zero-order valence-electron chi connectivity index (χ0n) is 40.1.